The highest BCUT2D eigenvalue weighted by molar-refractivity contribution is 7.98. The molecule has 0 bridgehead atoms. The molecule has 2 rings (SSSR count). The summed E-state index contributed by atoms with van der Waals surface area (Å²) in [5.41, 5.74) is 15.2. The Morgan fingerprint density at radius 1 is 0.909 bits per heavy atom. The highest BCUT2D eigenvalue weighted by Gasteiger charge is 2.01. The normalized spacial score (nSPS) is 10.0. The lowest BCUT2D eigenvalue weighted by Crippen LogP contribution is -1.92. The molecule has 2 aromatic rings. The largest absolute Gasteiger partial charge is 0.398 e. The van der Waals surface area contributed by atoms with Gasteiger partial charge >= 0.3 is 0 Å². The van der Waals surface area contributed by atoms with E-state index in [-0.39, 0.29) is 0 Å². The van der Waals surface area contributed by atoms with Crippen LogP contribution in [0.2, 0.25) is 10.0 Å². The molecule has 0 fully saturated rings. The highest BCUT2D eigenvalue weighted by atomic mass is 35.5. The minimum Gasteiger partial charge on any atom is -0.398 e. The fourth-order valence-corrected chi connectivity index (χ4v) is 3.42. The second-order valence-corrected chi connectivity index (χ2v) is 7.09. The zero-order chi connectivity index (χ0) is 16.5. The summed E-state index contributed by atoms with van der Waals surface area (Å²) in [6, 6.07) is 11.2. The van der Waals surface area contributed by atoms with Crippen LogP contribution in [0.1, 0.15) is 11.1 Å². The smallest absolute Gasteiger partial charge is 0.0466 e. The van der Waals surface area contributed by atoms with E-state index in [1.807, 2.05) is 42.8 Å². The van der Waals surface area contributed by atoms with Crippen molar-refractivity contribution < 1.29 is 0 Å². The van der Waals surface area contributed by atoms with Crippen molar-refractivity contribution in [3.05, 3.63) is 57.6 Å². The Morgan fingerprint density at radius 3 is 2.14 bits per heavy atom. The maximum absolute atomic E-state index is 5.91. The topological polar surface area (TPSA) is 52.0 Å². The third kappa shape index (κ3) is 6.21. The van der Waals surface area contributed by atoms with Gasteiger partial charge in [-0.25, -0.2) is 0 Å². The monoisotopic (exact) mass is 374 g/mol. The molecule has 0 unspecified atom stereocenters. The summed E-state index contributed by atoms with van der Waals surface area (Å²) < 4.78 is 0. The first-order valence-corrected chi connectivity index (χ1v) is 10.1. The van der Waals surface area contributed by atoms with Crippen LogP contribution < -0.4 is 11.5 Å². The van der Waals surface area contributed by atoms with Crippen LogP contribution in [-0.2, 0) is 11.5 Å². The van der Waals surface area contributed by atoms with Gasteiger partial charge < -0.3 is 11.5 Å². The fourth-order valence-electron chi connectivity index (χ4n) is 1.72. The molecule has 2 nitrogen and oxygen atoms in total. The summed E-state index contributed by atoms with van der Waals surface area (Å²) in [5.74, 6) is 1.83. The van der Waals surface area contributed by atoms with Gasteiger partial charge in [0.1, 0.15) is 0 Å². The quantitative estimate of drug-likeness (QED) is 0.686. The lowest BCUT2D eigenvalue weighted by Gasteiger charge is -2.04. The van der Waals surface area contributed by atoms with E-state index in [0.29, 0.717) is 5.02 Å². The highest BCUT2D eigenvalue weighted by Crippen LogP contribution is 2.25. The molecule has 0 aliphatic rings. The van der Waals surface area contributed by atoms with Gasteiger partial charge in [-0.15, -0.1) is 0 Å². The number of hydrogen-bond donors (Lipinski definition) is 2. The van der Waals surface area contributed by atoms with Gasteiger partial charge in [0.15, 0.2) is 0 Å². The zero-order valence-corrected chi connectivity index (χ0v) is 15.8. The second kappa shape index (κ2) is 10.2. The molecule has 0 aliphatic carbocycles. The van der Waals surface area contributed by atoms with E-state index in [2.05, 4.69) is 0 Å². The SMILES string of the molecule is CSCc1c(N)cccc1Cl.CSCc1ccc(Cl)cc1N. The number of anilines is 2. The van der Waals surface area contributed by atoms with E-state index in [9.17, 15) is 0 Å². The molecule has 0 heterocycles. The molecule has 0 radical (unpaired) electrons. The number of nitrogen functional groups attached to an aromatic ring is 2. The van der Waals surface area contributed by atoms with Crippen LogP contribution in [0.3, 0.4) is 0 Å². The first-order chi connectivity index (χ1) is 10.5. The lowest BCUT2D eigenvalue weighted by molar-refractivity contribution is 1.42. The summed E-state index contributed by atoms with van der Waals surface area (Å²) in [4.78, 5) is 0. The number of nitrogens with two attached hydrogens (primary N) is 2. The van der Waals surface area contributed by atoms with Crippen LogP contribution in [0.4, 0.5) is 11.4 Å². The molecule has 0 saturated carbocycles. The van der Waals surface area contributed by atoms with Gasteiger partial charge in [0.25, 0.3) is 0 Å². The first-order valence-electron chi connectivity index (χ1n) is 6.54. The molecule has 120 valence electrons. The standard InChI is InChI=1S/2C8H10ClNS/c1-11-5-6-2-3-7(9)4-8(6)10;1-11-5-6-7(9)3-2-4-8(6)10/h2*2-4H,5,10H2,1H3. The van der Waals surface area contributed by atoms with Gasteiger partial charge in [0.2, 0.25) is 0 Å². The Hall–Kier alpha value is -0.680. The van der Waals surface area contributed by atoms with Crippen LogP contribution in [0, 0.1) is 0 Å². The predicted molar refractivity (Wildman–Crippen MR) is 106 cm³/mol. The van der Waals surface area contributed by atoms with Gasteiger partial charge in [-0.1, -0.05) is 35.3 Å². The van der Waals surface area contributed by atoms with Crippen molar-refractivity contribution in [2.75, 3.05) is 24.0 Å². The molecular formula is C16H20Cl2N2S2. The third-order valence-electron chi connectivity index (χ3n) is 2.85. The van der Waals surface area contributed by atoms with E-state index in [1.165, 1.54) is 0 Å². The molecule has 6 heteroatoms. The molecule has 0 aromatic heterocycles. The first kappa shape index (κ1) is 19.4. The van der Waals surface area contributed by atoms with Gasteiger partial charge in [0.05, 0.1) is 0 Å². The van der Waals surface area contributed by atoms with E-state index in [0.717, 1.165) is 39.0 Å². The Bertz CT molecular complexity index is 586. The minimum atomic E-state index is 0.701. The van der Waals surface area contributed by atoms with Gasteiger partial charge in [-0.05, 0) is 42.3 Å². The molecule has 0 amide bonds. The number of thioether (sulfide) groups is 2. The maximum atomic E-state index is 5.91. The molecule has 22 heavy (non-hydrogen) atoms. The number of halogens is 2. The Kier molecular flexibility index (Phi) is 8.95. The summed E-state index contributed by atoms with van der Waals surface area (Å²) in [7, 11) is 0. The molecule has 0 spiro atoms. The van der Waals surface area contributed by atoms with E-state index >= 15 is 0 Å². The Labute approximate surface area is 150 Å². The van der Waals surface area contributed by atoms with Crippen LogP contribution in [0.25, 0.3) is 0 Å². The minimum absolute atomic E-state index is 0.701. The molecule has 0 aliphatic heterocycles. The molecule has 4 N–H and O–H groups in total. The predicted octanol–water partition coefficient (Wildman–Crippen LogP) is 5.57. The maximum Gasteiger partial charge on any atom is 0.0466 e. The number of benzene rings is 2. The zero-order valence-electron chi connectivity index (χ0n) is 12.6. The summed E-state index contributed by atoms with van der Waals surface area (Å²) >= 11 is 15.1. The molecule has 0 atom stereocenters. The van der Waals surface area contributed by atoms with Gasteiger partial charge in [-0.2, -0.15) is 23.5 Å². The van der Waals surface area contributed by atoms with Crippen LogP contribution in [-0.4, -0.2) is 12.5 Å². The van der Waals surface area contributed by atoms with E-state index in [1.54, 1.807) is 29.6 Å². The van der Waals surface area contributed by atoms with Gasteiger partial charge in [-0.3, -0.25) is 0 Å². The van der Waals surface area contributed by atoms with Crippen molar-refractivity contribution in [1.82, 2.24) is 0 Å². The summed E-state index contributed by atoms with van der Waals surface area (Å²) in [5, 5.41) is 1.46. The van der Waals surface area contributed by atoms with Crippen LogP contribution >= 0.6 is 46.7 Å². The Balaban J connectivity index is 0.000000220. The number of hydrogen-bond acceptors (Lipinski definition) is 4. The molecular weight excluding hydrogens is 355 g/mol. The van der Waals surface area contributed by atoms with Crippen molar-refractivity contribution in [3.8, 4) is 0 Å². The van der Waals surface area contributed by atoms with Crippen molar-refractivity contribution in [2.24, 2.45) is 0 Å². The molecule has 2 aromatic carbocycles. The fraction of sp³-hybridized carbons (Fsp3) is 0.250. The second-order valence-electron chi connectivity index (χ2n) is 4.52. The van der Waals surface area contributed by atoms with Crippen molar-refractivity contribution in [2.45, 2.75) is 11.5 Å². The van der Waals surface area contributed by atoms with Gasteiger partial charge in [0, 0.05) is 38.5 Å². The third-order valence-corrected chi connectivity index (χ3v) is 4.62. The van der Waals surface area contributed by atoms with Crippen LogP contribution in [0.15, 0.2) is 36.4 Å². The van der Waals surface area contributed by atoms with Crippen molar-refractivity contribution >= 4 is 58.1 Å². The Morgan fingerprint density at radius 2 is 1.59 bits per heavy atom. The van der Waals surface area contributed by atoms with Crippen LogP contribution in [0.5, 0.6) is 0 Å². The van der Waals surface area contributed by atoms with Crippen molar-refractivity contribution in [3.63, 3.8) is 0 Å². The molecule has 0 saturated heterocycles. The average Bonchev–Trinajstić information content (AvgIpc) is 2.47. The van der Waals surface area contributed by atoms with E-state index in [4.69, 9.17) is 34.7 Å². The van der Waals surface area contributed by atoms with Crippen molar-refractivity contribution in [1.29, 1.82) is 0 Å². The van der Waals surface area contributed by atoms with E-state index < -0.39 is 0 Å². The number of rotatable bonds is 4. The summed E-state index contributed by atoms with van der Waals surface area (Å²) in [6.45, 7) is 0. The lowest BCUT2D eigenvalue weighted by atomic mass is 10.2. The summed E-state index contributed by atoms with van der Waals surface area (Å²) in [6.07, 6.45) is 4.08. The average molecular weight is 375 g/mol.